The molecule has 0 aromatic heterocycles. The highest BCUT2D eigenvalue weighted by Gasteiger charge is 2.21. The second kappa shape index (κ2) is 8.21. The van der Waals surface area contributed by atoms with Gasteiger partial charge in [-0.05, 0) is 65.6 Å². The summed E-state index contributed by atoms with van der Waals surface area (Å²) < 4.78 is 69.6. The van der Waals surface area contributed by atoms with Crippen molar-refractivity contribution in [3.63, 3.8) is 0 Å². The summed E-state index contributed by atoms with van der Waals surface area (Å²) in [6.45, 7) is 2.23. The Hall–Kier alpha value is -2.69. The highest BCUT2D eigenvalue weighted by molar-refractivity contribution is 5.71. The zero-order chi connectivity index (χ0) is 21.4. The number of hydrogen-bond acceptors (Lipinski definition) is 0. The van der Waals surface area contributed by atoms with Gasteiger partial charge >= 0.3 is 0 Å². The Morgan fingerprint density at radius 3 is 1.73 bits per heavy atom. The maximum Gasteiger partial charge on any atom is 0.194 e. The highest BCUT2D eigenvalue weighted by Crippen LogP contribution is 2.37. The zero-order valence-corrected chi connectivity index (χ0v) is 16.5. The molecule has 0 amide bonds. The van der Waals surface area contributed by atoms with Gasteiger partial charge < -0.3 is 0 Å². The SMILES string of the molecule is CC1CCC(c2ccc(-c3ccc(-c4cc(F)c(F)c(F)c4)c(F)c3)c(F)c2)CC1. The second-order valence-electron chi connectivity index (χ2n) is 8.14. The first-order valence-corrected chi connectivity index (χ1v) is 10.1. The summed E-state index contributed by atoms with van der Waals surface area (Å²) in [5.74, 6) is -4.56. The molecule has 30 heavy (non-hydrogen) atoms. The minimum absolute atomic E-state index is 0.0927. The molecule has 0 atom stereocenters. The third-order valence-electron chi connectivity index (χ3n) is 6.06. The van der Waals surface area contributed by atoms with Gasteiger partial charge in [-0.15, -0.1) is 0 Å². The predicted octanol–water partition coefficient (Wildman–Crippen LogP) is 8.01. The smallest absolute Gasteiger partial charge is 0.194 e. The van der Waals surface area contributed by atoms with E-state index in [1.54, 1.807) is 6.07 Å². The third kappa shape index (κ3) is 3.98. The molecule has 0 N–H and O–H groups in total. The van der Waals surface area contributed by atoms with Crippen LogP contribution in [0.3, 0.4) is 0 Å². The van der Waals surface area contributed by atoms with E-state index in [2.05, 4.69) is 6.92 Å². The second-order valence-corrected chi connectivity index (χ2v) is 8.14. The summed E-state index contributed by atoms with van der Waals surface area (Å²) in [6.07, 6.45) is 4.33. The van der Waals surface area contributed by atoms with Crippen LogP contribution in [0.5, 0.6) is 0 Å². The van der Waals surface area contributed by atoms with Crippen LogP contribution in [0.4, 0.5) is 22.0 Å². The third-order valence-corrected chi connectivity index (χ3v) is 6.06. The van der Waals surface area contributed by atoms with E-state index in [9.17, 15) is 22.0 Å². The van der Waals surface area contributed by atoms with Crippen LogP contribution in [0.25, 0.3) is 22.3 Å². The fraction of sp³-hybridized carbons (Fsp3) is 0.280. The lowest BCUT2D eigenvalue weighted by Crippen LogP contribution is -2.11. The van der Waals surface area contributed by atoms with Crippen molar-refractivity contribution in [3.8, 4) is 22.3 Å². The fourth-order valence-corrected chi connectivity index (χ4v) is 4.24. The molecule has 3 aromatic carbocycles. The maximum atomic E-state index is 14.8. The first kappa shape index (κ1) is 20.6. The Labute approximate surface area is 172 Å². The summed E-state index contributed by atoms with van der Waals surface area (Å²) in [4.78, 5) is 0. The summed E-state index contributed by atoms with van der Waals surface area (Å²) in [5, 5.41) is 0. The van der Waals surface area contributed by atoms with E-state index in [1.807, 2.05) is 6.07 Å². The van der Waals surface area contributed by atoms with Crippen molar-refractivity contribution in [2.45, 2.75) is 38.5 Å². The topological polar surface area (TPSA) is 0 Å². The molecule has 1 fully saturated rings. The van der Waals surface area contributed by atoms with Crippen molar-refractivity contribution in [2.75, 3.05) is 0 Å². The highest BCUT2D eigenvalue weighted by atomic mass is 19.2. The van der Waals surface area contributed by atoms with Crippen molar-refractivity contribution in [1.82, 2.24) is 0 Å². The van der Waals surface area contributed by atoms with Crippen LogP contribution in [-0.4, -0.2) is 0 Å². The van der Waals surface area contributed by atoms with Crippen LogP contribution in [0.2, 0.25) is 0 Å². The standard InChI is InChI=1S/C25H21F5/c1-14-2-4-15(5-3-14)16-6-8-19(21(26)10-16)17-7-9-20(22(27)11-17)18-12-23(28)25(30)24(29)13-18/h6-15H,2-5H2,1H3. The molecule has 0 bridgehead atoms. The molecule has 0 heterocycles. The number of rotatable bonds is 3. The van der Waals surface area contributed by atoms with Crippen molar-refractivity contribution < 1.29 is 22.0 Å². The van der Waals surface area contributed by atoms with Gasteiger partial charge in [0, 0.05) is 11.1 Å². The number of hydrogen-bond donors (Lipinski definition) is 0. The molecule has 1 saturated carbocycles. The van der Waals surface area contributed by atoms with Crippen molar-refractivity contribution in [1.29, 1.82) is 0 Å². The number of benzene rings is 3. The van der Waals surface area contributed by atoms with Crippen LogP contribution < -0.4 is 0 Å². The van der Waals surface area contributed by atoms with Crippen molar-refractivity contribution in [3.05, 3.63) is 83.2 Å². The summed E-state index contributed by atoms with van der Waals surface area (Å²) in [6, 6.07) is 10.4. The molecular weight excluding hydrogens is 395 g/mol. The Bertz CT molecular complexity index is 1060. The molecule has 5 heteroatoms. The average Bonchev–Trinajstić information content (AvgIpc) is 2.72. The Morgan fingerprint density at radius 1 is 0.600 bits per heavy atom. The summed E-state index contributed by atoms with van der Waals surface area (Å²) >= 11 is 0. The van der Waals surface area contributed by atoms with Gasteiger partial charge in [-0.3, -0.25) is 0 Å². The first-order valence-electron chi connectivity index (χ1n) is 10.1. The Morgan fingerprint density at radius 2 is 1.13 bits per heavy atom. The van der Waals surface area contributed by atoms with Crippen LogP contribution in [0, 0.1) is 35.0 Å². The van der Waals surface area contributed by atoms with Crippen LogP contribution >= 0.6 is 0 Å². The van der Waals surface area contributed by atoms with E-state index in [-0.39, 0.29) is 16.7 Å². The molecule has 3 aromatic rings. The fourth-order valence-electron chi connectivity index (χ4n) is 4.24. The molecule has 4 rings (SSSR count). The zero-order valence-electron chi connectivity index (χ0n) is 16.5. The minimum atomic E-state index is -1.61. The summed E-state index contributed by atoms with van der Waals surface area (Å²) in [5.41, 5.74) is 1.31. The molecule has 0 nitrogen and oxygen atoms in total. The quantitative estimate of drug-likeness (QED) is 0.300. The van der Waals surface area contributed by atoms with Gasteiger partial charge in [0.25, 0.3) is 0 Å². The molecule has 0 radical (unpaired) electrons. The maximum absolute atomic E-state index is 14.8. The van der Waals surface area contributed by atoms with Crippen molar-refractivity contribution in [2.24, 2.45) is 5.92 Å². The molecular formula is C25H21F5. The average molecular weight is 416 g/mol. The molecule has 0 spiro atoms. The van der Waals surface area contributed by atoms with E-state index in [4.69, 9.17) is 0 Å². The molecule has 0 saturated heterocycles. The van der Waals surface area contributed by atoms with Gasteiger partial charge in [0.15, 0.2) is 17.5 Å². The van der Waals surface area contributed by atoms with Gasteiger partial charge in [0.05, 0.1) is 0 Å². The Balaban J connectivity index is 1.63. The minimum Gasteiger partial charge on any atom is -0.206 e. The van der Waals surface area contributed by atoms with Gasteiger partial charge in [-0.2, -0.15) is 0 Å². The monoisotopic (exact) mass is 416 g/mol. The largest absolute Gasteiger partial charge is 0.206 e. The first-order chi connectivity index (χ1) is 14.3. The van der Waals surface area contributed by atoms with Crippen LogP contribution in [0.1, 0.15) is 44.1 Å². The van der Waals surface area contributed by atoms with Gasteiger partial charge in [-0.1, -0.05) is 44.0 Å². The van der Waals surface area contributed by atoms with Crippen LogP contribution in [0.15, 0.2) is 48.5 Å². The van der Waals surface area contributed by atoms with E-state index in [0.717, 1.165) is 49.4 Å². The molecule has 0 unspecified atom stereocenters. The van der Waals surface area contributed by atoms with Crippen molar-refractivity contribution >= 4 is 0 Å². The lowest BCUT2D eigenvalue weighted by molar-refractivity contribution is 0.347. The molecule has 156 valence electrons. The van der Waals surface area contributed by atoms with Gasteiger partial charge in [0.1, 0.15) is 11.6 Å². The van der Waals surface area contributed by atoms with E-state index in [1.165, 1.54) is 18.2 Å². The van der Waals surface area contributed by atoms with Gasteiger partial charge in [0.2, 0.25) is 0 Å². The van der Waals surface area contributed by atoms with E-state index >= 15 is 0 Å². The van der Waals surface area contributed by atoms with E-state index < -0.39 is 29.1 Å². The van der Waals surface area contributed by atoms with Gasteiger partial charge in [-0.25, -0.2) is 22.0 Å². The normalized spacial score (nSPS) is 19.1. The summed E-state index contributed by atoms with van der Waals surface area (Å²) in [7, 11) is 0. The molecule has 1 aliphatic rings. The lowest BCUT2D eigenvalue weighted by Gasteiger charge is -2.26. The lowest BCUT2D eigenvalue weighted by atomic mass is 9.79. The van der Waals surface area contributed by atoms with Crippen LogP contribution in [-0.2, 0) is 0 Å². The predicted molar refractivity (Wildman–Crippen MR) is 107 cm³/mol. The molecule has 0 aliphatic heterocycles. The number of halogens is 5. The molecule has 1 aliphatic carbocycles. The Kier molecular flexibility index (Phi) is 5.63. The van der Waals surface area contributed by atoms with E-state index in [0.29, 0.717) is 17.4 Å².